The third kappa shape index (κ3) is 3.64. The van der Waals surface area contributed by atoms with Crippen LogP contribution in [0.1, 0.15) is 35.0 Å². The first-order chi connectivity index (χ1) is 11.2. The monoisotopic (exact) mass is 316 g/mol. The maximum Gasteiger partial charge on any atom is 0.257 e. The van der Waals surface area contributed by atoms with E-state index in [2.05, 4.69) is 23.1 Å². The molecule has 3 rings (SSSR count). The Morgan fingerprint density at radius 1 is 1.30 bits per heavy atom. The number of amides is 1. The first-order valence-corrected chi connectivity index (χ1v) is 8.24. The highest BCUT2D eigenvalue weighted by Gasteiger charge is 2.22. The first-order valence-electron chi connectivity index (χ1n) is 8.24. The minimum Gasteiger partial charge on any atom is -0.469 e. The summed E-state index contributed by atoms with van der Waals surface area (Å²) in [5, 5.41) is 4.33. The van der Waals surface area contributed by atoms with Crippen molar-refractivity contribution in [3.8, 4) is 0 Å². The van der Waals surface area contributed by atoms with E-state index in [4.69, 9.17) is 4.42 Å². The minimum absolute atomic E-state index is 0.0805. The van der Waals surface area contributed by atoms with Crippen molar-refractivity contribution in [2.24, 2.45) is 0 Å². The highest BCUT2D eigenvalue weighted by molar-refractivity contribution is 5.95. The molecule has 1 aliphatic rings. The molecule has 3 heterocycles. The van der Waals surface area contributed by atoms with E-state index in [0.717, 1.165) is 45.7 Å². The second-order valence-electron chi connectivity index (χ2n) is 6.02. The third-order valence-corrected chi connectivity index (χ3v) is 4.38. The molecule has 0 radical (unpaired) electrons. The lowest BCUT2D eigenvalue weighted by molar-refractivity contribution is 0.0759. The molecule has 0 aromatic carbocycles. The fraction of sp³-hybridized carbons (Fsp3) is 0.529. The molecule has 0 atom stereocenters. The molecular formula is C17H24N4O2. The zero-order chi connectivity index (χ0) is 16.2. The zero-order valence-corrected chi connectivity index (χ0v) is 13.9. The van der Waals surface area contributed by atoms with E-state index >= 15 is 0 Å². The van der Waals surface area contributed by atoms with E-state index in [-0.39, 0.29) is 5.91 Å². The Balaban J connectivity index is 1.58. The number of hydrogen-bond donors (Lipinski definition) is 0. The summed E-state index contributed by atoms with van der Waals surface area (Å²) in [5.74, 6) is 0.778. The van der Waals surface area contributed by atoms with Crippen LogP contribution in [-0.4, -0.2) is 51.7 Å². The average Bonchev–Trinajstić information content (AvgIpc) is 3.11. The number of carbonyl (C=O) groups excluding carboxylic acids is 1. The summed E-state index contributed by atoms with van der Waals surface area (Å²) < 4.78 is 7.20. The van der Waals surface area contributed by atoms with Gasteiger partial charge in [0.05, 0.1) is 18.0 Å². The fourth-order valence-corrected chi connectivity index (χ4v) is 3.03. The number of furan rings is 1. The van der Waals surface area contributed by atoms with Gasteiger partial charge in [0.2, 0.25) is 0 Å². The normalized spacial score (nSPS) is 16.5. The maximum absolute atomic E-state index is 12.6. The summed E-state index contributed by atoms with van der Waals surface area (Å²) in [4.78, 5) is 16.9. The average molecular weight is 316 g/mol. The molecule has 0 aliphatic carbocycles. The summed E-state index contributed by atoms with van der Waals surface area (Å²) in [5.41, 5.74) is 1.92. The van der Waals surface area contributed by atoms with E-state index in [1.54, 1.807) is 12.3 Å². The van der Waals surface area contributed by atoms with Crippen molar-refractivity contribution in [1.82, 2.24) is 19.6 Å². The highest BCUT2D eigenvalue weighted by Crippen LogP contribution is 2.15. The Morgan fingerprint density at radius 2 is 2.17 bits per heavy atom. The Kier molecular flexibility index (Phi) is 4.81. The van der Waals surface area contributed by atoms with E-state index in [1.807, 2.05) is 22.7 Å². The van der Waals surface area contributed by atoms with Crippen molar-refractivity contribution < 1.29 is 9.21 Å². The third-order valence-electron chi connectivity index (χ3n) is 4.38. The maximum atomic E-state index is 12.6. The Hall–Kier alpha value is -2.08. The van der Waals surface area contributed by atoms with Crippen molar-refractivity contribution in [2.45, 2.75) is 33.4 Å². The zero-order valence-electron chi connectivity index (χ0n) is 13.9. The van der Waals surface area contributed by atoms with Gasteiger partial charge in [-0.1, -0.05) is 0 Å². The molecule has 0 bridgehead atoms. The lowest BCUT2D eigenvalue weighted by Gasteiger charge is -2.21. The molecule has 2 aromatic heterocycles. The van der Waals surface area contributed by atoms with Crippen molar-refractivity contribution in [3.63, 3.8) is 0 Å². The Labute approximate surface area is 136 Å². The van der Waals surface area contributed by atoms with Gasteiger partial charge in [-0.3, -0.25) is 14.4 Å². The topological polar surface area (TPSA) is 54.5 Å². The quantitative estimate of drug-likeness (QED) is 0.867. The van der Waals surface area contributed by atoms with Gasteiger partial charge in [0, 0.05) is 51.0 Å². The summed E-state index contributed by atoms with van der Waals surface area (Å²) in [6.07, 6.45) is 6.61. The lowest BCUT2D eigenvalue weighted by atomic mass is 10.2. The Morgan fingerprint density at radius 3 is 2.87 bits per heavy atom. The van der Waals surface area contributed by atoms with Crippen LogP contribution in [0.25, 0.3) is 0 Å². The first kappa shape index (κ1) is 15.8. The van der Waals surface area contributed by atoms with Crippen molar-refractivity contribution in [3.05, 3.63) is 41.6 Å². The fourth-order valence-electron chi connectivity index (χ4n) is 3.03. The smallest absolute Gasteiger partial charge is 0.257 e. The summed E-state index contributed by atoms with van der Waals surface area (Å²) in [6.45, 7) is 9.16. The summed E-state index contributed by atoms with van der Waals surface area (Å²) >= 11 is 0. The van der Waals surface area contributed by atoms with Crippen LogP contribution < -0.4 is 0 Å². The van der Waals surface area contributed by atoms with Crippen LogP contribution in [0.2, 0.25) is 0 Å². The van der Waals surface area contributed by atoms with E-state index in [0.29, 0.717) is 11.3 Å². The molecule has 1 aliphatic heterocycles. The summed E-state index contributed by atoms with van der Waals surface area (Å²) in [7, 11) is 0. The van der Waals surface area contributed by atoms with Gasteiger partial charge in [-0.15, -0.1) is 0 Å². The van der Waals surface area contributed by atoms with Gasteiger partial charge in [-0.25, -0.2) is 0 Å². The summed E-state index contributed by atoms with van der Waals surface area (Å²) in [6, 6.07) is 1.76. The predicted molar refractivity (Wildman–Crippen MR) is 87.1 cm³/mol. The molecule has 23 heavy (non-hydrogen) atoms. The molecule has 0 saturated carbocycles. The molecule has 6 heteroatoms. The van der Waals surface area contributed by atoms with Crippen LogP contribution in [0.3, 0.4) is 0 Å². The molecule has 1 amide bonds. The standard InChI is InChI=1S/C17H24N4O2/c1-3-21-13-15(11-18-21)12-19-6-4-7-20(9-8-19)17(22)16-5-10-23-14(16)2/h5,10-11,13H,3-4,6-9,12H2,1-2H3. The molecule has 2 aromatic rings. The van der Waals surface area contributed by atoms with Gasteiger partial charge in [-0.05, 0) is 26.3 Å². The SMILES string of the molecule is CCn1cc(CN2CCCN(C(=O)c3ccoc3C)CC2)cn1. The van der Waals surface area contributed by atoms with Crippen LogP contribution >= 0.6 is 0 Å². The van der Waals surface area contributed by atoms with Gasteiger partial charge < -0.3 is 9.32 Å². The number of aryl methyl sites for hydroxylation is 2. The van der Waals surface area contributed by atoms with Gasteiger partial charge in [-0.2, -0.15) is 5.10 Å². The van der Waals surface area contributed by atoms with Crippen LogP contribution in [0, 0.1) is 6.92 Å². The molecule has 0 spiro atoms. The molecule has 6 nitrogen and oxygen atoms in total. The van der Waals surface area contributed by atoms with Gasteiger partial charge in [0.25, 0.3) is 5.91 Å². The predicted octanol–water partition coefficient (Wildman–Crippen LogP) is 2.15. The van der Waals surface area contributed by atoms with Crippen LogP contribution in [0.5, 0.6) is 0 Å². The number of carbonyl (C=O) groups is 1. The second kappa shape index (κ2) is 7.00. The molecule has 0 unspecified atom stereocenters. The highest BCUT2D eigenvalue weighted by atomic mass is 16.3. The second-order valence-corrected chi connectivity index (χ2v) is 6.02. The number of aromatic nitrogens is 2. The van der Waals surface area contributed by atoms with E-state index in [1.165, 1.54) is 5.56 Å². The van der Waals surface area contributed by atoms with Gasteiger partial charge in [0.1, 0.15) is 5.76 Å². The largest absolute Gasteiger partial charge is 0.469 e. The van der Waals surface area contributed by atoms with Crippen molar-refractivity contribution in [1.29, 1.82) is 0 Å². The van der Waals surface area contributed by atoms with E-state index in [9.17, 15) is 4.79 Å². The molecule has 0 N–H and O–H groups in total. The molecule has 124 valence electrons. The molecule has 1 saturated heterocycles. The molecular weight excluding hydrogens is 292 g/mol. The number of rotatable bonds is 4. The van der Waals surface area contributed by atoms with E-state index < -0.39 is 0 Å². The van der Waals surface area contributed by atoms with Crippen LogP contribution in [-0.2, 0) is 13.1 Å². The lowest BCUT2D eigenvalue weighted by Crippen LogP contribution is -2.35. The minimum atomic E-state index is 0.0805. The van der Waals surface area contributed by atoms with Crippen molar-refractivity contribution in [2.75, 3.05) is 26.2 Å². The number of hydrogen-bond acceptors (Lipinski definition) is 4. The number of nitrogens with zero attached hydrogens (tertiary/aromatic N) is 4. The van der Waals surface area contributed by atoms with Gasteiger partial charge >= 0.3 is 0 Å². The van der Waals surface area contributed by atoms with Crippen molar-refractivity contribution >= 4 is 5.91 Å². The Bertz CT molecular complexity index is 661. The van der Waals surface area contributed by atoms with Crippen LogP contribution in [0.4, 0.5) is 0 Å². The van der Waals surface area contributed by atoms with Crippen LogP contribution in [0.15, 0.2) is 29.1 Å². The van der Waals surface area contributed by atoms with Gasteiger partial charge in [0.15, 0.2) is 0 Å². The molecule has 1 fully saturated rings.